The number of benzene rings is 1. The number of rotatable bonds is 26. The molecule has 0 radical (unpaired) electrons. The summed E-state index contributed by atoms with van der Waals surface area (Å²) in [5.41, 5.74) is 0.718. The van der Waals surface area contributed by atoms with Crippen LogP contribution < -0.4 is 9.47 Å². The van der Waals surface area contributed by atoms with Gasteiger partial charge in [0.25, 0.3) is 4.84 Å². The molecule has 0 saturated heterocycles. The number of carbonyl (C=O) groups excluding carboxylic acids is 1. The van der Waals surface area contributed by atoms with E-state index in [1.807, 2.05) is 18.2 Å². The third-order valence-electron chi connectivity index (χ3n) is 7.58. The van der Waals surface area contributed by atoms with E-state index in [2.05, 4.69) is 26.5 Å². The van der Waals surface area contributed by atoms with Gasteiger partial charge in [-0.05, 0) is 25.1 Å². The summed E-state index contributed by atoms with van der Waals surface area (Å²) in [5.74, 6) is 1.56. The van der Waals surface area contributed by atoms with Gasteiger partial charge in [0.1, 0.15) is 16.5 Å². The van der Waals surface area contributed by atoms with Crippen molar-refractivity contribution in [3.05, 3.63) is 28.8 Å². The number of hydrogen-bond acceptors (Lipinski definition) is 6. The van der Waals surface area contributed by atoms with Crippen LogP contribution in [0.25, 0.3) is 5.69 Å². The molecule has 0 amide bonds. The first-order valence-corrected chi connectivity index (χ1v) is 17.3. The minimum absolute atomic E-state index is 0.114. The number of oxazole rings is 1. The predicted molar refractivity (Wildman–Crippen MR) is 176 cm³/mol. The molecule has 0 fully saturated rings. The number of aldehydes is 1. The van der Waals surface area contributed by atoms with Crippen LogP contribution in [-0.4, -0.2) is 24.1 Å². The maximum atomic E-state index is 11.4. The summed E-state index contributed by atoms with van der Waals surface area (Å²) in [5, 5.41) is 0.373. The number of ether oxygens (including phenoxy) is 2. The van der Waals surface area contributed by atoms with Crippen molar-refractivity contribution in [2.24, 2.45) is 0 Å². The predicted octanol–water partition coefficient (Wildman–Crippen LogP) is 11.5. The minimum atomic E-state index is 0.114. The van der Waals surface area contributed by atoms with Crippen molar-refractivity contribution >= 4 is 31.1 Å². The lowest BCUT2D eigenvalue weighted by molar-refractivity contribution is 0.109. The third kappa shape index (κ3) is 14.8. The van der Waals surface area contributed by atoms with Gasteiger partial charge in [-0.2, -0.15) is 0 Å². The van der Waals surface area contributed by atoms with Crippen molar-refractivity contribution in [2.75, 3.05) is 13.2 Å². The molecule has 232 valence electrons. The molecule has 0 N–H and O–H groups in total. The standard InChI is InChI=1S/C34H55NO4S2/c1-3-5-7-9-11-13-15-17-19-21-23-37-30-25-29(35-33(40)32(28-36)39-34(35)41)26-31(27-30)38-24-22-20-18-16-14-12-10-8-6-4-2/h25-28,40H,3-24H2,1-2H3. The van der Waals surface area contributed by atoms with E-state index in [1.54, 1.807) is 4.57 Å². The Kier molecular flexibility index (Phi) is 19.7. The zero-order valence-corrected chi connectivity index (χ0v) is 27.5. The van der Waals surface area contributed by atoms with Crippen LogP contribution in [0.15, 0.2) is 27.6 Å². The smallest absolute Gasteiger partial charge is 0.274 e. The Morgan fingerprint density at radius 1 is 0.683 bits per heavy atom. The quantitative estimate of drug-likeness (QED) is 0.0500. The molecule has 0 atom stereocenters. The van der Waals surface area contributed by atoms with Gasteiger partial charge in [-0.15, -0.1) is 12.6 Å². The molecular formula is C34H55NO4S2. The van der Waals surface area contributed by atoms with E-state index in [-0.39, 0.29) is 10.6 Å². The van der Waals surface area contributed by atoms with Gasteiger partial charge in [0, 0.05) is 18.2 Å². The van der Waals surface area contributed by atoms with Gasteiger partial charge >= 0.3 is 0 Å². The van der Waals surface area contributed by atoms with E-state index in [0.29, 0.717) is 24.5 Å². The van der Waals surface area contributed by atoms with Crippen molar-refractivity contribution < 1.29 is 18.7 Å². The first-order valence-electron chi connectivity index (χ1n) is 16.4. The average Bonchev–Trinajstić information content (AvgIpc) is 3.27. The van der Waals surface area contributed by atoms with Crippen LogP contribution in [0.2, 0.25) is 0 Å². The second-order valence-corrected chi connectivity index (χ2v) is 12.0. The van der Waals surface area contributed by atoms with Crippen molar-refractivity contribution in [1.82, 2.24) is 4.57 Å². The van der Waals surface area contributed by atoms with E-state index in [0.717, 1.165) is 30.0 Å². The van der Waals surface area contributed by atoms with Crippen LogP contribution in [0.4, 0.5) is 0 Å². The number of aromatic nitrogens is 1. The average molecular weight is 606 g/mol. The summed E-state index contributed by atoms with van der Waals surface area (Å²) in [4.78, 5) is 11.5. The van der Waals surface area contributed by atoms with E-state index in [9.17, 15) is 4.79 Å². The molecule has 2 rings (SSSR count). The van der Waals surface area contributed by atoms with E-state index in [1.165, 1.54) is 116 Å². The van der Waals surface area contributed by atoms with Crippen LogP contribution in [0, 0.1) is 4.84 Å². The van der Waals surface area contributed by atoms with Gasteiger partial charge in [0.05, 0.1) is 18.9 Å². The second kappa shape index (κ2) is 22.8. The highest BCUT2D eigenvalue weighted by Gasteiger charge is 2.15. The summed E-state index contributed by atoms with van der Waals surface area (Å²) >= 11 is 9.86. The summed E-state index contributed by atoms with van der Waals surface area (Å²) < 4.78 is 19.4. The Hall–Kier alpha value is -1.73. The maximum absolute atomic E-state index is 11.4. The van der Waals surface area contributed by atoms with Crippen molar-refractivity contribution in [2.45, 2.75) is 147 Å². The molecule has 1 aromatic carbocycles. The van der Waals surface area contributed by atoms with E-state index < -0.39 is 0 Å². The molecule has 0 spiro atoms. The fourth-order valence-electron chi connectivity index (χ4n) is 5.10. The van der Waals surface area contributed by atoms with Crippen molar-refractivity contribution in [3.8, 4) is 17.2 Å². The molecule has 0 saturated carbocycles. The fraction of sp³-hybridized carbons (Fsp3) is 0.706. The third-order valence-corrected chi connectivity index (χ3v) is 8.26. The van der Waals surface area contributed by atoms with Crippen molar-refractivity contribution in [1.29, 1.82) is 0 Å². The Morgan fingerprint density at radius 3 is 1.44 bits per heavy atom. The molecule has 0 aliphatic rings. The van der Waals surface area contributed by atoms with Crippen LogP contribution >= 0.6 is 24.8 Å². The van der Waals surface area contributed by atoms with Crippen LogP contribution in [0.1, 0.15) is 153 Å². The number of thiol groups is 1. The lowest BCUT2D eigenvalue weighted by Gasteiger charge is -2.13. The summed E-state index contributed by atoms with van der Waals surface area (Å²) in [6.45, 7) is 5.84. The highest BCUT2D eigenvalue weighted by atomic mass is 32.1. The normalized spacial score (nSPS) is 11.2. The first-order chi connectivity index (χ1) is 20.1. The number of unbranched alkanes of at least 4 members (excludes halogenated alkanes) is 18. The Balaban J connectivity index is 1.83. The highest BCUT2D eigenvalue weighted by Crippen LogP contribution is 2.30. The Morgan fingerprint density at radius 2 is 1.07 bits per heavy atom. The molecule has 7 heteroatoms. The van der Waals surface area contributed by atoms with E-state index >= 15 is 0 Å². The molecule has 0 aliphatic carbocycles. The Bertz CT molecular complexity index is 972. The molecule has 1 heterocycles. The number of hydrogen-bond donors (Lipinski definition) is 1. The molecule has 0 unspecified atom stereocenters. The fourth-order valence-corrected chi connectivity index (χ4v) is 5.76. The van der Waals surface area contributed by atoms with Gasteiger partial charge in [0.15, 0.2) is 12.0 Å². The summed E-state index contributed by atoms with van der Waals surface area (Å²) in [6.07, 6.45) is 26.4. The lowest BCUT2D eigenvalue weighted by Crippen LogP contribution is -2.03. The molecule has 2 aromatic rings. The topological polar surface area (TPSA) is 53.6 Å². The number of carbonyl (C=O) groups is 1. The number of nitrogens with zero attached hydrogens (tertiary/aromatic N) is 1. The van der Waals surface area contributed by atoms with Gasteiger partial charge in [0.2, 0.25) is 0 Å². The highest BCUT2D eigenvalue weighted by molar-refractivity contribution is 7.80. The van der Waals surface area contributed by atoms with Crippen LogP contribution in [-0.2, 0) is 0 Å². The molecule has 1 aromatic heterocycles. The van der Waals surface area contributed by atoms with E-state index in [4.69, 9.17) is 26.1 Å². The van der Waals surface area contributed by atoms with Gasteiger partial charge in [-0.25, -0.2) is 0 Å². The van der Waals surface area contributed by atoms with Gasteiger partial charge in [-0.1, -0.05) is 129 Å². The summed E-state index contributed by atoms with van der Waals surface area (Å²) in [6, 6.07) is 5.76. The zero-order chi connectivity index (χ0) is 29.5. The van der Waals surface area contributed by atoms with Gasteiger partial charge in [-0.3, -0.25) is 9.36 Å². The lowest BCUT2D eigenvalue weighted by atomic mass is 10.1. The first kappa shape index (κ1) is 35.5. The maximum Gasteiger partial charge on any atom is 0.274 e. The largest absolute Gasteiger partial charge is 0.493 e. The van der Waals surface area contributed by atoms with Gasteiger partial charge < -0.3 is 13.9 Å². The van der Waals surface area contributed by atoms with Crippen molar-refractivity contribution in [3.63, 3.8) is 0 Å². The molecular weight excluding hydrogens is 551 g/mol. The summed E-state index contributed by atoms with van der Waals surface area (Å²) in [7, 11) is 0. The molecule has 41 heavy (non-hydrogen) atoms. The zero-order valence-electron chi connectivity index (χ0n) is 25.8. The molecule has 5 nitrogen and oxygen atoms in total. The Labute approximate surface area is 260 Å². The SMILES string of the molecule is CCCCCCCCCCCCOc1cc(OCCCCCCCCCCCC)cc(-n2c(S)c(C=O)oc2=S)c1. The molecule has 0 aliphatic heterocycles. The monoisotopic (exact) mass is 605 g/mol. The minimum Gasteiger partial charge on any atom is -0.493 e. The van der Waals surface area contributed by atoms with Crippen LogP contribution in [0.3, 0.4) is 0 Å². The second-order valence-electron chi connectivity index (χ2n) is 11.2. The molecule has 0 bridgehead atoms. The van der Waals surface area contributed by atoms with Crippen LogP contribution in [0.5, 0.6) is 11.5 Å².